The van der Waals surface area contributed by atoms with E-state index in [0.717, 1.165) is 51.9 Å². The van der Waals surface area contributed by atoms with Gasteiger partial charge in [-0.15, -0.1) is 0 Å². The molecule has 2 atom stereocenters. The van der Waals surface area contributed by atoms with E-state index in [4.69, 9.17) is 4.74 Å². The monoisotopic (exact) mass is 414 g/mol. The molecule has 166 valence electrons. The number of amides is 1. The minimum atomic E-state index is -0.361. The van der Waals surface area contributed by atoms with E-state index < -0.39 is 0 Å². The van der Waals surface area contributed by atoms with Gasteiger partial charge in [-0.1, -0.05) is 51.1 Å². The van der Waals surface area contributed by atoms with Gasteiger partial charge in [0.2, 0.25) is 5.91 Å². The van der Waals surface area contributed by atoms with Crippen LogP contribution in [0, 0.1) is 11.8 Å². The van der Waals surface area contributed by atoms with Crippen molar-refractivity contribution in [2.24, 2.45) is 11.8 Å². The third-order valence-corrected chi connectivity index (χ3v) is 7.25. The van der Waals surface area contributed by atoms with Crippen molar-refractivity contribution in [1.82, 2.24) is 9.80 Å². The molecule has 0 saturated carbocycles. The Bertz CT molecular complexity index is 710. The van der Waals surface area contributed by atoms with Crippen LogP contribution in [0.3, 0.4) is 0 Å². The van der Waals surface area contributed by atoms with E-state index in [2.05, 4.69) is 56.0 Å². The topological polar surface area (TPSA) is 49.9 Å². The highest BCUT2D eigenvalue weighted by atomic mass is 16.5. The first kappa shape index (κ1) is 22.8. The fourth-order valence-electron chi connectivity index (χ4n) is 5.20. The summed E-state index contributed by atoms with van der Waals surface area (Å²) >= 11 is 0. The number of rotatable bonds is 8. The average Bonchev–Trinajstić information content (AvgIpc) is 3.02. The van der Waals surface area contributed by atoms with Crippen molar-refractivity contribution in [1.29, 1.82) is 0 Å². The van der Waals surface area contributed by atoms with E-state index in [9.17, 15) is 9.59 Å². The van der Waals surface area contributed by atoms with Gasteiger partial charge >= 0.3 is 5.97 Å². The Balaban J connectivity index is 1.64. The van der Waals surface area contributed by atoms with Gasteiger partial charge in [0.05, 0.1) is 18.6 Å². The van der Waals surface area contributed by atoms with Crippen LogP contribution in [0.15, 0.2) is 30.3 Å². The van der Waals surface area contributed by atoms with Crippen LogP contribution in [-0.4, -0.2) is 60.5 Å². The maximum Gasteiger partial charge on any atom is 0.311 e. The zero-order chi connectivity index (χ0) is 21.7. The van der Waals surface area contributed by atoms with Gasteiger partial charge in [-0.3, -0.25) is 9.59 Å². The van der Waals surface area contributed by atoms with Crippen molar-refractivity contribution < 1.29 is 14.3 Å². The van der Waals surface area contributed by atoms with Crippen LogP contribution in [0.25, 0.3) is 0 Å². The number of methoxy groups -OCH3 is 1. The number of benzene rings is 1. The zero-order valence-electron chi connectivity index (χ0n) is 19.1. The third-order valence-electron chi connectivity index (χ3n) is 7.25. The predicted molar refractivity (Wildman–Crippen MR) is 119 cm³/mol. The molecule has 3 rings (SSSR count). The van der Waals surface area contributed by atoms with Crippen LogP contribution in [-0.2, 0) is 14.3 Å². The first-order chi connectivity index (χ1) is 14.4. The molecule has 1 aromatic carbocycles. The third kappa shape index (κ3) is 4.88. The van der Waals surface area contributed by atoms with Crippen LogP contribution in [0.2, 0.25) is 0 Å². The first-order valence-electron chi connectivity index (χ1n) is 11.5. The summed E-state index contributed by atoms with van der Waals surface area (Å²) in [5.41, 5.74) is 1.03. The average molecular weight is 415 g/mol. The lowest BCUT2D eigenvalue weighted by Crippen LogP contribution is -2.57. The number of ether oxygens (including phenoxy) is 1. The van der Waals surface area contributed by atoms with Crippen LogP contribution >= 0.6 is 0 Å². The number of likely N-dealkylation sites (tertiary alicyclic amines) is 2. The molecule has 2 heterocycles. The minimum absolute atomic E-state index is 0.122. The molecule has 0 aliphatic carbocycles. The summed E-state index contributed by atoms with van der Waals surface area (Å²) in [7, 11) is 1.44. The lowest BCUT2D eigenvalue weighted by molar-refractivity contribution is -0.150. The number of carbonyl (C=O) groups is 2. The van der Waals surface area contributed by atoms with Gasteiger partial charge in [-0.05, 0) is 49.6 Å². The zero-order valence-corrected chi connectivity index (χ0v) is 19.1. The fourth-order valence-corrected chi connectivity index (χ4v) is 5.20. The summed E-state index contributed by atoms with van der Waals surface area (Å²) in [6.45, 7) is 10.3. The molecule has 0 bridgehead atoms. The molecule has 0 N–H and O–H groups in total. The second-order valence-corrected chi connectivity index (χ2v) is 9.55. The van der Waals surface area contributed by atoms with Crippen molar-refractivity contribution in [2.75, 3.05) is 33.3 Å². The number of carbonyl (C=O) groups excluding carboxylic acids is 2. The van der Waals surface area contributed by atoms with Crippen LogP contribution in [0.1, 0.15) is 64.4 Å². The minimum Gasteiger partial charge on any atom is -0.469 e. The normalized spacial score (nSPS) is 22.6. The molecule has 0 radical (unpaired) electrons. The summed E-state index contributed by atoms with van der Waals surface area (Å²) in [4.78, 5) is 29.9. The highest BCUT2D eigenvalue weighted by molar-refractivity contribution is 5.89. The molecule has 1 amide bonds. The SMILES string of the molecule is COC(=O)C1CC(=O)N(CCC(C)C)C12CCN(CCC(C)c1ccccc1)CC2. The highest BCUT2D eigenvalue weighted by Crippen LogP contribution is 2.44. The quantitative estimate of drug-likeness (QED) is 0.602. The smallest absolute Gasteiger partial charge is 0.311 e. The Morgan fingerprint density at radius 1 is 1.10 bits per heavy atom. The fraction of sp³-hybridized carbons (Fsp3) is 0.680. The summed E-state index contributed by atoms with van der Waals surface area (Å²) in [6, 6.07) is 10.7. The van der Waals surface area contributed by atoms with Crippen molar-refractivity contribution in [3.63, 3.8) is 0 Å². The summed E-state index contributed by atoms with van der Waals surface area (Å²) in [5.74, 6) is 0.637. The van der Waals surface area contributed by atoms with Gasteiger partial charge < -0.3 is 14.5 Å². The highest BCUT2D eigenvalue weighted by Gasteiger charge is 2.56. The lowest BCUT2D eigenvalue weighted by atomic mass is 9.76. The Kier molecular flexibility index (Phi) is 7.56. The van der Waals surface area contributed by atoms with Crippen LogP contribution in [0.5, 0.6) is 0 Å². The first-order valence-corrected chi connectivity index (χ1v) is 11.5. The number of piperidine rings is 1. The Morgan fingerprint density at radius 3 is 2.37 bits per heavy atom. The predicted octanol–water partition coefficient (Wildman–Crippen LogP) is 4.08. The molecule has 1 spiro atoms. The van der Waals surface area contributed by atoms with Crippen molar-refractivity contribution >= 4 is 11.9 Å². The van der Waals surface area contributed by atoms with Crippen molar-refractivity contribution in [3.05, 3.63) is 35.9 Å². The Morgan fingerprint density at radius 2 is 1.77 bits per heavy atom. The molecule has 30 heavy (non-hydrogen) atoms. The molecule has 0 aromatic heterocycles. The molecule has 5 heteroatoms. The molecule has 2 aliphatic rings. The molecule has 2 saturated heterocycles. The second kappa shape index (κ2) is 9.95. The number of nitrogens with zero attached hydrogens (tertiary/aromatic N) is 2. The van der Waals surface area contributed by atoms with E-state index in [1.54, 1.807) is 0 Å². The van der Waals surface area contributed by atoms with E-state index in [1.165, 1.54) is 12.7 Å². The molecule has 1 aromatic rings. The molecule has 2 unspecified atom stereocenters. The molecular weight excluding hydrogens is 376 g/mol. The van der Waals surface area contributed by atoms with Gasteiger partial charge in [0.15, 0.2) is 0 Å². The molecule has 2 aliphatic heterocycles. The van der Waals surface area contributed by atoms with E-state index in [0.29, 0.717) is 18.3 Å². The number of hydrogen-bond donors (Lipinski definition) is 0. The second-order valence-electron chi connectivity index (χ2n) is 9.55. The maximum atomic E-state index is 12.8. The van der Waals surface area contributed by atoms with E-state index in [1.807, 2.05) is 4.90 Å². The number of hydrogen-bond acceptors (Lipinski definition) is 4. The van der Waals surface area contributed by atoms with E-state index >= 15 is 0 Å². The molecular formula is C25H38N2O3. The van der Waals surface area contributed by atoms with E-state index in [-0.39, 0.29) is 23.3 Å². The Labute approximate surface area is 181 Å². The van der Waals surface area contributed by atoms with Crippen molar-refractivity contribution in [3.8, 4) is 0 Å². The number of esters is 1. The van der Waals surface area contributed by atoms with Gasteiger partial charge in [-0.2, -0.15) is 0 Å². The summed E-state index contributed by atoms with van der Waals surface area (Å²) in [5, 5.41) is 0. The van der Waals surface area contributed by atoms with Gasteiger partial charge in [0.25, 0.3) is 0 Å². The standard InChI is InChI=1S/C25H38N2O3/c1-19(2)10-15-27-23(28)18-22(24(29)30-4)25(27)12-16-26(17-13-25)14-11-20(3)21-8-6-5-7-9-21/h5-9,19-20,22H,10-18H2,1-4H3. The summed E-state index contributed by atoms with van der Waals surface area (Å²) < 4.78 is 5.11. The Hall–Kier alpha value is -1.88. The maximum absolute atomic E-state index is 12.8. The van der Waals surface area contributed by atoms with Gasteiger partial charge in [-0.25, -0.2) is 0 Å². The van der Waals surface area contributed by atoms with Gasteiger partial charge in [0.1, 0.15) is 0 Å². The van der Waals surface area contributed by atoms with Crippen molar-refractivity contribution in [2.45, 2.75) is 64.3 Å². The molecule has 2 fully saturated rings. The molecule has 5 nitrogen and oxygen atoms in total. The summed E-state index contributed by atoms with van der Waals surface area (Å²) in [6.07, 6.45) is 4.11. The van der Waals surface area contributed by atoms with Gasteiger partial charge in [0, 0.05) is 26.1 Å². The lowest BCUT2D eigenvalue weighted by Gasteiger charge is -2.47. The van der Waals surface area contributed by atoms with Crippen LogP contribution in [0.4, 0.5) is 0 Å². The largest absolute Gasteiger partial charge is 0.469 e. The van der Waals surface area contributed by atoms with Crippen LogP contribution < -0.4 is 0 Å².